The molecule has 0 aliphatic rings. The van der Waals surface area contributed by atoms with E-state index in [0.717, 1.165) is 17.0 Å². The summed E-state index contributed by atoms with van der Waals surface area (Å²) in [6.45, 7) is 2.06. The van der Waals surface area contributed by atoms with Gasteiger partial charge in [-0.3, -0.25) is 0 Å². The van der Waals surface area contributed by atoms with Crippen LogP contribution in [0.25, 0.3) is 0 Å². The van der Waals surface area contributed by atoms with Crippen molar-refractivity contribution < 1.29 is 4.74 Å². The largest absolute Gasteiger partial charge is 0.496 e. The molecule has 0 saturated carbocycles. The predicted octanol–water partition coefficient (Wildman–Crippen LogP) is 3.92. The zero-order valence-corrected chi connectivity index (χ0v) is 11.1. The van der Waals surface area contributed by atoms with Gasteiger partial charge in [0.1, 0.15) is 5.75 Å². The van der Waals surface area contributed by atoms with E-state index in [1.807, 2.05) is 36.4 Å². The van der Waals surface area contributed by atoms with Crippen LogP contribution in [0.3, 0.4) is 0 Å². The Morgan fingerprint density at radius 2 is 2.00 bits per heavy atom. The van der Waals surface area contributed by atoms with E-state index in [2.05, 4.69) is 17.2 Å². The van der Waals surface area contributed by atoms with Gasteiger partial charge >= 0.3 is 0 Å². The third-order valence-corrected chi connectivity index (χ3v) is 3.04. The lowest BCUT2D eigenvalue weighted by Gasteiger charge is -2.18. The Labute approximate surface area is 112 Å². The van der Waals surface area contributed by atoms with Gasteiger partial charge < -0.3 is 10.1 Å². The molecule has 1 aromatic carbocycles. The van der Waals surface area contributed by atoms with Gasteiger partial charge in [0, 0.05) is 11.8 Å². The van der Waals surface area contributed by atoms with Crippen LogP contribution in [-0.2, 0) is 0 Å². The second-order valence-corrected chi connectivity index (χ2v) is 4.31. The maximum atomic E-state index is 6.02. The molecule has 0 radical (unpaired) electrons. The molecule has 0 spiro atoms. The Hall–Kier alpha value is -1.74. The van der Waals surface area contributed by atoms with Gasteiger partial charge in [-0.05, 0) is 25.1 Å². The molecule has 1 heterocycles. The summed E-state index contributed by atoms with van der Waals surface area (Å²) < 4.78 is 5.35. The van der Waals surface area contributed by atoms with Crippen molar-refractivity contribution in [2.75, 3.05) is 12.4 Å². The van der Waals surface area contributed by atoms with Gasteiger partial charge in [0.2, 0.25) is 0 Å². The van der Waals surface area contributed by atoms with E-state index in [0.29, 0.717) is 5.15 Å². The summed E-state index contributed by atoms with van der Waals surface area (Å²) in [7, 11) is 1.67. The number of benzene rings is 1. The number of halogens is 1. The summed E-state index contributed by atoms with van der Waals surface area (Å²) in [5.74, 6) is 0.859. The summed E-state index contributed by atoms with van der Waals surface area (Å²) in [4.78, 5) is 4.04. The number of hydrogen-bond acceptors (Lipinski definition) is 3. The van der Waals surface area contributed by atoms with Crippen LogP contribution in [0.1, 0.15) is 18.5 Å². The standard InChI is InChI=1S/C14H15ClN2O/c1-10(11-6-3-4-8-13(11)18-2)17-12-7-5-9-16-14(12)15/h3-10,17H,1-2H3. The maximum absolute atomic E-state index is 6.02. The summed E-state index contributed by atoms with van der Waals surface area (Å²) in [5.41, 5.74) is 1.90. The number of nitrogens with one attached hydrogen (secondary N) is 1. The van der Waals surface area contributed by atoms with E-state index in [-0.39, 0.29) is 6.04 Å². The smallest absolute Gasteiger partial charge is 0.152 e. The molecule has 3 nitrogen and oxygen atoms in total. The van der Waals surface area contributed by atoms with Crippen molar-refractivity contribution in [2.24, 2.45) is 0 Å². The van der Waals surface area contributed by atoms with Crippen LogP contribution in [0.15, 0.2) is 42.6 Å². The number of nitrogens with zero attached hydrogens (tertiary/aromatic N) is 1. The number of para-hydroxylation sites is 1. The lowest BCUT2D eigenvalue weighted by atomic mass is 10.1. The molecule has 0 saturated heterocycles. The monoisotopic (exact) mass is 262 g/mol. The highest BCUT2D eigenvalue weighted by atomic mass is 35.5. The average molecular weight is 263 g/mol. The number of pyridine rings is 1. The van der Waals surface area contributed by atoms with Crippen LogP contribution in [0, 0.1) is 0 Å². The molecule has 1 N–H and O–H groups in total. The fourth-order valence-electron chi connectivity index (χ4n) is 1.83. The van der Waals surface area contributed by atoms with Gasteiger partial charge in [0.15, 0.2) is 5.15 Å². The highest BCUT2D eigenvalue weighted by molar-refractivity contribution is 6.31. The molecule has 1 unspecified atom stereocenters. The number of aromatic nitrogens is 1. The second-order valence-electron chi connectivity index (χ2n) is 3.95. The second kappa shape index (κ2) is 5.74. The Kier molecular flexibility index (Phi) is 4.05. The van der Waals surface area contributed by atoms with Crippen molar-refractivity contribution >= 4 is 17.3 Å². The predicted molar refractivity (Wildman–Crippen MR) is 74.3 cm³/mol. The zero-order chi connectivity index (χ0) is 13.0. The minimum atomic E-state index is 0.0860. The number of hydrogen-bond donors (Lipinski definition) is 1. The highest BCUT2D eigenvalue weighted by Crippen LogP contribution is 2.29. The highest BCUT2D eigenvalue weighted by Gasteiger charge is 2.11. The van der Waals surface area contributed by atoms with E-state index in [1.165, 1.54) is 0 Å². The van der Waals surface area contributed by atoms with Crippen molar-refractivity contribution in [1.29, 1.82) is 0 Å². The summed E-state index contributed by atoms with van der Waals surface area (Å²) >= 11 is 6.02. The van der Waals surface area contributed by atoms with Crippen LogP contribution < -0.4 is 10.1 Å². The first-order valence-corrected chi connectivity index (χ1v) is 6.10. The average Bonchev–Trinajstić information content (AvgIpc) is 2.41. The molecule has 2 aromatic rings. The normalized spacial score (nSPS) is 11.9. The molecule has 94 valence electrons. The fourth-order valence-corrected chi connectivity index (χ4v) is 2.00. The third-order valence-electron chi connectivity index (χ3n) is 2.74. The van der Waals surface area contributed by atoms with Crippen molar-refractivity contribution in [2.45, 2.75) is 13.0 Å². The Morgan fingerprint density at radius 3 is 2.72 bits per heavy atom. The molecule has 1 aromatic heterocycles. The minimum Gasteiger partial charge on any atom is -0.496 e. The fraction of sp³-hybridized carbons (Fsp3) is 0.214. The van der Waals surface area contributed by atoms with Gasteiger partial charge in [-0.1, -0.05) is 29.8 Å². The zero-order valence-electron chi connectivity index (χ0n) is 10.4. The SMILES string of the molecule is COc1ccccc1C(C)Nc1cccnc1Cl. The number of ether oxygens (including phenoxy) is 1. The van der Waals surface area contributed by atoms with E-state index >= 15 is 0 Å². The van der Waals surface area contributed by atoms with Gasteiger partial charge in [-0.2, -0.15) is 0 Å². The molecule has 4 heteroatoms. The van der Waals surface area contributed by atoms with Crippen molar-refractivity contribution in [1.82, 2.24) is 4.98 Å². The van der Waals surface area contributed by atoms with Gasteiger partial charge in [-0.15, -0.1) is 0 Å². The molecule has 0 fully saturated rings. The van der Waals surface area contributed by atoms with Gasteiger partial charge in [0.05, 0.1) is 18.8 Å². The number of anilines is 1. The van der Waals surface area contributed by atoms with Gasteiger partial charge in [-0.25, -0.2) is 4.98 Å². The van der Waals surface area contributed by atoms with Crippen LogP contribution in [-0.4, -0.2) is 12.1 Å². The Morgan fingerprint density at radius 1 is 1.22 bits per heavy atom. The molecule has 1 atom stereocenters. The van der Waals surface area contributed by atoms with Crippen LogP contribution in [0.5, 0.6) is 5.75 Å². The van der Waals surface area contributed by atoms with Crippen molar-refractivity contribution in [3.63, 3.8) is 0 Å². The van der Waals surface area contributed by atoms with Crippen LogP contribution >= 0.6 is 11.6 Å². The van der Waals surface area contributed by atoms with Crippen molar-refractivity contribution in [3.05, 3.63) is 53.3 Å². The van der Waals surface area contributed by atoms with Crippen LogP contribution in [0.4, 0.5) is 5.69 Å². The summed E-state index contributed by atoms with van der Waals surface area (Å²) in [6, 6.07) is 11.7. The molecule has 2 rings (SSSR count). The molecule has 0 aliphatic heterocycles. The lowest BCUT2D eigenvalue weighted by Crippen LogP contribution is -2.08. The molecule has 0 amide bonds. The van der Waals surface area contributed by atoms with E-state index in [4.69, 9.17) is 16.3 Å². The topological polar surface area (TPSA) is 34.1 Å². The Bertz CT molecular complexity index is 531. The molecular weight excluding hydrogens is 248 g/mol. The third kappa shape index (κ3) is 2.74. The summed E-state index contributed by atoms with van der Waals surface area (Å²) in [6.07, 6.45) is 1.67. The molecule has 18 heavy (non-hydrogen) atoms. The lowest BCUT2D eigenvalue weighted by molar-refractivity contribution is 0.408. The maximum Gasteiger partial charge on any atom is 0.152 e. The Balaban J connectivity index is 2.22. The first kappa shape index (κ1) is 12.7. The summed E-state index contributed by atoms with van der Waals surface area (Å²) in [5, 5.41) is 3.80. The van der Waals surface area contributed by atoms with E-state index in [1.54, 1.807) is 13.3 Å². The van der Waals surface area contributed by atoms with Crippen molar-refractivity contribution in [3.8, 4) is 5.75 Å². The first-order chi connectivity index (χ1) is 8.72. The quantitative estimate of drug-likeness (QED) is 0.848. The molecule has 0 aliphatic carbocycles. The van der Waals surface area contributed by atoms with Crippen LogP contribution in [0.2, 0.25) is 5.15 Å². The van der Waals surface area contributed by atoms with E-state index < -0.39 is 0 Å². The first-order valence-electron chi connectivity index (χ1n) is 5.72. The number of rotatable bonds is 4. The molecule has 0 bridgehead atoms. The van der Waals surface area contributed by atoms with Gasteiger partial charge in [0.25, 0.3) is 0 Å². The number of methoxy groups -OCH3 is 1. The van der Waals surface area contributed by atoms with E-state index in [9.17, 15) is 0 Å². The minimum absolute atomic E-state index is 0.0860. The molecular formula is C14H15ClN2O.